The third-order valence-corrected chi connectivity index (χ3v) is 3.29. The molecule has 1 rings (SSSR count). The Morgan fingerprint density at radius 2 is 1.92 bits per heavy atom. The molecule has 0 unspecified atom stereocenters. The highest BCUT2D eigenvalue weighted by atomic mass is 127. The molecule has 0 spiro atoms. The Hall–Kier alpha value is -0.760. The number of hydrogen-bond acceptors (Lipinski definition) is 2. The summed E-state index contributed by atoms with van der Waals surface area (Å²) >= 11 is -0.0858. The number of alkyl halides is 1. The van der Waals surface area contributed by atoms with Gasteiger partial charge in [-0.1, -0.05) is 13.8 Å². The first kappa shape index (κ1) is 10.3. The maximum atomic E-state index is 8.57. The summed E-state index contributed by atoms with van der Waals surface area (Å²) in [6.07, 6.45) is 0. The molecule has 68 valence electrons. The summed E-state index contributed by atoms with van der Waals surface area (Å²) in [7, 11) is 0. The molecule has 0 aliphatic heterocycles. The minimum atomic E-state index is -0.0858. The molecule has 0 radical (unpaired) electrons. The molecule has 0 amide bonds. The summed E-state index contributed by atoms with van der Waals surface area (Å²) in [5.74, 6) is 0. The number of nitrogens with zero attached hydrogens (tertiary/aromatic N) is 2. The molecule has 13 heavy (non-hydrogen) atoms. The fraction of sp³-hybridized carbons (Fsp3) is 0.300. The van der Waals surface area contributed by atoms with Crippen LogP contribution in [0.2, 0.25) is 0 Å². The van der Waals surface area contributed by atoms with E-state index < -0.39 is 0 Å². The molecule has 0 heterocycles. The van der Waals surface area contributed by atoms with Crippen LogP contribution in [0, 0.1) is 11.3 Å². The third-order valence-electron chi connectivity index (χ3n) is 1.34. The molecule has 1 aromatic carbocycles. The van der Waals surface area contributed by atoms with Gasteiger partial charge in [-0.15, -0.1) is 0 Å². The molecule has 1 aromatic rings. The third kappa shape index (κ3) is 3.64. The fourth-order valence-electron chi connectivity index (χ4n) is 0.746. The molecule has 0 atom stereocenters. The Kier molecular flexibility index (Phi) is 4.03. The lowest BCUT2D eigenvalue weighted by Crippen LogP contribution is -1.74. The minimum absolute atomic E-state index is 0.0858. The van der Waals surface area contributed by atoms with E-state index in [-0.39, 0.29) is 21.0 Å². The summed E-state index contributed by atoms with van der Waals surface area (Å²) in [6.45, 7) is 4.36. The molecule has 0 bridgehead atoms. The van der Waals surface area contributed by atoms with Gasteiger partial charge in [0.25, 0.3) is 0 Å². The van der Waals surface area contributed by atoms with E-state index in [1.54, 1.807) is 0 Å². The van der Waals surface area contributed by atoms with Crippen molar-refractivity contribution in [1.82, 2.24) is 0 Å². The topological polar surface area (TPSA) is 36.1 Å². The van der Waals surface area contributed by atoms with Crippen LogP contribution in [0.4, 0.5) is 5.69 Å². The van der Waals surface area contributed by atoms with Gasteiger partial charge in [0.15, 0.2) is 0 Å². The van der Waals surface area contributed by atoms with Crippen molar-refractivity contribution in [3.63, 3.8) is 0 Å². The molecular formula is C10H11IN2. The quantitative estimate of drug-likeness (QED) is 0.602. The highest BCUT2D eigenvalue weighted by molar-refractivity contribution is 14.2. The number of nitriles is 1. The van der Waals surface area contributed by atoms with E-state index in [2.05, 4.69) is 23.1 Å². The van der Waals surface area contributed by atoms with Crippen molar-refractivity contribution in [2.45, 2.75) is 17.8 Å². The van der Waals surface area contributed by atoms with Gasteiger partial charge in [-0.2, -0.15) is 5.26 Å². The van der Waals surface area contributed by atoms with E-state index in [9.17, 15) is 0 Å². The van der Waals surface area contributed by atoms with E-state index in [1.165, 1.54) is 0 Å². The van der Waals surface area contributed by atoms with Crippen LogP contribution < -0.4 is 0 Å². The van der Waals surface area contributed by atoms with Crippen LogP contribution in [0.5, 0.6) is 0 Å². The van der Waals surface area contributed by atoms with Crippen LogP contribution in [0.15, 0.2) is 27.4 Å². The predicted octanol–water partition coefficient (Wildman–Crippen LogP) is 3.75. The average Bonchev–Trinajstić information content (AvgIpc) is 2.15. The van der Waals surface area contributed by atoms with Gasteiger partial charge >= 0.3 is 0 Å². The van der Waals surface area contributed by atoms with E-state index in [4.69, 9.17) is 5.26 Å². The first-order valence-electron chi connectivity index (χ1n) is 4.06. The maximum Gasteiger partial charge on any atom is 0.0991 e. The summed E-state index contributed by atoms with van der Waals surface area (Å²) < 4.78 is 5.17. The van der Waals surface area contributed by atoms with Crippen molar-refractivity contribution in [1.29, 1.82) is 5.26 Å². The van der Waals surface area contributed by atoms with Gasteiger partial charge in [-0.05, 0) is 45.3 Å². The second-order valence-corrected chi connectivity index (χ2v) is 6.39. The Labute approximate surface area is 88.7 Å². The number of hydrogen-bond donors (Lipinski definition) is 0. The zero-order valence-electron chi connectivity index (χ0n) is 7.66. The van der Waals surface area contributed by atoms with Crippen LogP contribution >= 0.6 is 21.0 Å². The lowest BCUT2D eigenvalue weighted by molar-refractivity contribution is 1.16. The summed E-state index contributed by atoms with van der Waals surface area (Å²) in [5.41, 5.74) is 1.70. The summed E-state index contributed by atoms with van der Waals surface area (Å²) in [4.78, 5) is 0. The normalized spacial score (nSPS) is 11.2. The molecular weight excluding hydrogens is 275 g/mol. The van der Waals surface area contributed by atoms with Crippen molar-refractivity contribution < 1.29 is 0 Å². The second kappa shape index (κ2) is 5.07. The van der Waals surface area contributed by atoms with Gasteiger partial charge in [-0.3, -0.25) is 0 Å². The van der Waals surface area contributed by atoms with Crippen LogP contribution in [0.25, 0.3) is 0 Å². The van der Waals surface area contributed by atoms with Gasteiger partial charge in [0.1, 0.15) is 0 Å². The molecule has 0 aliphatic carbocycles. The Balaban J connectivity index is 2.76. The SMILES string of the molecule is CC(C)I=Nc1ccc(C#N)cc1. The lowest BCUT2D eigenvalue weighted by atomic mass is 10.2. The van der Waals surface area contributed by atoms with Gasteiger partial charge < -0.3 is 0 Å². The van der Waals surface area contributed by atoms with Crippen molar-refractivity contribution in [3.05, 3.63) is 29.8 Å². The van der Waals surface area contributed by atoms with E-state index >= 15 is 0 Å². The number of rotatable bonds is 2. The highest BCUT2D eigenvalue weighted by Gasteiger charge is 1.91. The molecule has 0 fully saturated rings. The first-order valence-corrected chi connectivity index (χ1v) is 6.27. The average molecular weight is 286 g/mol. The van der Waals surface area contributed by atoms with Gasteiger partial charge in [0, 0.05) is 3.92 Å². The van der Waals surface area contributed by atoms with Crippen molar-refractivity contribution in [2.75, 3.05) is 0 Å². The molecule has 0 saturated carbocycles. The molecule has 0 saturated heterocycles. The van der Waals surface area contributed by atoms with E-state index in [0.29, 0.717) is 9.49 Å². The number of benzene rings is 1. The van der Waals surface area contributed by atoms with Crippen LogP contribution in [-0.2, 0) is 0 Å². The molecule has 2 nitrogen and oxygen atoms in total. The standard InChI is InChI=1S/C10H11IN2/c1-8(2)11-13-10-5-3-9(7-12)4-6-10/h3-6,8H,1-2H3. The van der Waals surface area contributed by atoms with Crippen LogP contribution in [-0.4, -0.2) is 3.92 Å². The smallest absolute Gasteiger partial charge is 0.0991 e. The largest absolute Gasteiger partial charge is 0.227 e. The molecule has 0 N–H and O–H groups in total. The van der Waals surface area contributed by atoms with Gasteiger partial charge in [-0.25, -0.2) is 3.15 Å². The Bertz CT molecular complexity index is 333. The minimum Gasteiger partial charge on any atom is -0.227 e. The van der Waals surface area contributed by atoms with Crippen molar-refractivity contribution >= 4 is 26.7 Å². The van der Waals surface area contributed by atoms with Crippen molar-refractivity contribution in [2.24, 2.45) is 3.15 Å². The predicted molar refractivity (Wildman–Crippen MR) is 62.4 cm³/mol. The second-order valence-electron chi connectivity index (χ2n) is 2.85. The maximum absolute atomic E-state index is 8.57. The fourth-order valence-corrected chi connectivity index (χ4v) is 1.95. The zero-order chi connectivity index (χ0) is 9.68. The zero-order valence-corrected chi connectivity index (χ0v) is 9.82. The Morgan fingerprint density at radius 1 is 1.31 bits per heavy atom. The molecule has 0 aromatic heterocycles. The summed E-state index contributed by atoms with van der Waals surface area (Å²) in [5, 5.41) is 8.57. The molecule has 3 heteroatoms. The van der Waals surface area contributed by atoms with Gasteiger partial charge in [0.2, 0.25) is 0 Å². The molecule has 0 aliphatic rings. The van der Waals surface area contributed by atoms with Crippen molar-refractivity contribution in [3.8, 4) is 6.07 Å². The number of halogens is 1. The lowest BCUT2D eigenvalue weighted by Gasteiger charge is -1.94. The van der Waals surface area contributed by atoms with Crippen LogP contribution in [0.3, 0.4) is 0 Å². The van der Waals surface area contributed by atoms with E-state index in [1.807, 2.05) is 24.3 Å². The van der Waals surface area contributed by atoms with Crippen LogP contribution in [0.1, 0.15) is 19.4 Å². The van der Waals surface area contributed by atoms with Gasteiger partial charge in [0.05, 0.1) is 17.3 Å². The monoisotopic (exact) mass is 286 g/mol. The first-order chi connectivity index (χ1) is 6.22. The Morgan fingerprint density at radius 3 is 2.38 bits per heavy atom. The van der Waals surface area contributed by atoms with E-state index in [0.717, 1.165) is 5.69 Å². The highest BCUT2D eigenvalue weighted by Crippen LogP contribution is 2.20. The summed E-state index contributed by atoms with van der Waals surface area (Å²) in [6, 6.07) is 9.51.